The Morgan fingerprint density at radius 1 is 1.00 bits per heavy atom. The van der Waals surface area contributed by atoms with E-state index in [1.807, 2.05) is 30.3 Å². The summed E-state index contributed by atoms with van der Waals surface area (Å²) in [6.07, 6.45) is 0. The van der Waals surface area contributed by atoms with E-state index in [1.165, 1.54) is 0 Å². The largest absolute Gasteiger partial charge is 4.00 e. The van der Waals surface area contributed by atoms with Gasteiger partial charge in [0, 0.05) is 5.02 Å². The first-order chi connectivity index (χ1) is 3.39. The summed E-state index contributed by atoms with van der Waals surface area (Å²) in [6.45, 7) is 0. The molecule has 0 saturated carbocycles. The van der Waals surface area contributed by atoms with Crippen LogP contribution in [0.1, 0.15) is 0 Å². The summed E-state index contributed by atoms with van der Waals surface area (Å²) in [5.74, 6) is 0. The Morgan fingerprint density at radius 2 is 1.50 bits per heavy atom. The standard InChI is InChI=1S/C6H5Cl.Ti/c7-6-4-2-1-3-5-6;/h1-5H;/q;+4. The van der Waals surface area contributed by atoms with Gasteiger partial charge in [0.15, 0.2) is 0 Å². The van der Waals surface area contributed by atoms with Gasteiger partial charge in [-0.15, -0.1) is 0 Å². The number of hydrogen-bond donors (Lipinski definition) is 0. The summed E-state index contributed by atoms with van der Waals surface area (Å²) in [5, 5.41) is 0.794. The maximum atomic E-state index is 5.54. The van der Waals surface area contributed by atoms with Crippen molar-refractivity contribution in [1.29, 1.82) is 0 Å². The van der Waals surface area contributed by atoms with Gasteiger partial charge in [-0.1, -0.05) is 29.8 Å². The average Bonchev–Trinajstić information content (AvgIpc) is 1.69. The summed E-state index contributed by atoms with van der Waals surface area (Å²) in [6, 6.07) is 9.44. The zero-order valence-electron chi connectivity index (χ0n) is 4.26. The van der Waals surface area contributed by atoms with Crippen molar-refractivity contribution in [2.75, 3.05) is 0 Å². The van der Waals surface area contributed by atoms with Gasteiger partial charge >= 0.3 is 21.7 Å². The third-order valence-electron chi connectivity index (χ3n) is 0.733. The van der Waals surface area contributed by atoms with Gasteiger partial charge in [-0.05, 0) is 12.1 Å². The second-order valence-electron chi connectivity index (χ2n) is 1.30. The van der Waals surface area contributed by atoms with Gasteiger partial charge in [0.2, 0.25) is 0 Å². The van der Waals surface area contributed by atoms with E-state index in [9.17, 15) is 0 Å². The number of benzene rings is 1. The molecule has 0 aliphatic rings. The maximum Gasteiger partial charge on any atom is 4.00 e. The second-order valence-corrected chi connectivity index (χ2v) is 1.73. The van der Waals surface area contributed by atoms with Crippen LogP contribution in [0.3, 0.4) is 0 Å². The van der Waals surface area contributed by atoms with Crippen LogP contribution >= 0.6 is 11.6 Å². The van der Waals surface area contributed by atoms with Gasteiger partial charge in [-0.25, -0.2) is 0 Å². The monoisotopic (exact) mass is 160 g/mol. The maximum absolute atomic E-state index is 5.54. The van der Waals surface area contributed by atoms with E-state index in [0.29, 0.717) is 0 Å². The van der Waals surface area contributed by atoms with E-state index in [2.05, 4.69) is 0 Å². The Kier molecular flexibility index (Phi) is 4.25. The number of rotatable bonds is 0. The van der Waals surface area contributed by atoms with Crippen LogP contribution in [0.25, 0.3) is 0 Å². The van der Waals surface area contributed by atoms with E-state index in [4.69, 9.17) is 11.6 Å². The van der Waals surface area contributed by atoms with Gasteiger partial charge in [0.05, 0.1) is 0 Å². The van der Waals surface area contributed by atoms with Gasteiger partial charge < -0.3 is 0 Å². The molecule has 0 spiro atoms. The fraction of sp³-hybridized carbons (Fsp3) is 0. The van der Waals surface area contributed by atoms with Gasteiger partial charge in [0.25, 0.3) is 0 Å². The van der Waals surface area contributed by atoms with Crippen molar-refractivity contribution >= 4 is 11.6 Å². The number of halogens is 1. The topological polar surface area (TPSA) is 0 Å². The van der Waals surface area contributed by atoms with E-state index in [1.54, 1.807) is 0 Å². The molecular formula is C6H5ClTi+4. The smallest absolute Gasteiger partial charge is 0.0843 e. The molecule has 0 atom stereocenters. The molecule has 0 radical (unpaired) electrons. The Labute approximate surface area is 68.7 Å². The SMILES string of the molecule is Clc1ccccc1.[Ti+4]. The van der Waals surface area contributed by atoms with Crippen LogP contribution in [0.2, 0.25) is 5.02 Å². The van der Waals surface area contributed by atoms with Crippen LogP contribution in [0.4, 0.5) is 0 Å². The third-order valence-corrected chi connectivity index (χ3v) is 0.985. The fourth-order valence-corrected chi connectivity index (χ4v) is 0.560. The zero-order valence-corrected chi connectivity index (χ0v) is 6.58. The van der Waals surface area contributed by atoms with Crippen molar-refractivity contribution in [3.05, 3.63) is 35.4 Å². The predicted molar refractivity (Wildman–Crippen MR) is 31.5 cm³/mol. The van der Waals surface area contributed by atoms with E-state index < -0.39 is 0 Å². The molecule has 36 valence electrons. The molecule has 0 fully saturated rings. The van der Waals surface area contributed by atoms with E-state index in [-0.39, 0.29) is 21.7 Å². The van der Waals surface area contributed by atoms with Crippen LogP contribution in [-0.4, -0.2) is 0 Å². The van der Waals surface area contributed by atoms with Gasteiger partial charge in [-0.2, -0.15) is 0 Å². The first-order valence-electron chi connectivity index (χ1n) is 2.10. The molecule has 1 aromatic carbocycles. The second kappa shape index (κ2) is 4.14. The van der Waals surface area contributed by atoms with Crippen LogP contribution in [0, 0.1) is 0 Å². The molecule has 0 aromatic heterocycles. The van der Waals surface area contributed by atoms with Crippen LogP contribution in [0.15, 0.2) is 30.3 Å². The molecule has 1 aromatic rings. The Hall–Kier alpha value is 0.224. The van der Waals surface area contributed by atoms with Crippen LogP contribution < -0.4 is 0 Å². The Morgan fingerprint density at radius 3 is 1.75 bits per heavy atom. The summed E-state index contributed by atoms with van der Waals surface area (Å²) >= 11 is 5.54. The van der Waals surface area contributed by atoms with Crippen molar-refractivity contribution in [3.63, 3.8) is 0 Å². The molecule has 0 aliphatic carbocycles. The van der Waals surface area contributed by atoms with Gasteiger partial charge in [-0.3, -0.25) is 0 Å². The molecular weight excluding hydrogens is 155 g/mol. The average molecular weight is 160 g/mol. The summed E-state index contributed by atoms with van der Waals surface area (Å²) in [4.78, 5) is 0. The molecule has 0 aliphatic heterocycles. The number of hydrogen-bond acceptors (Lipinski definition) is 0. The summed E-state index contributed by atoms with van der Waals surface area (Å²) in [5.41, 5.74) is 0. The van der Waals surface area contributed by atoms with Crippen molar-refractivity contribution in [2.45, 2.75) is 0 Å². The third kappa shape index (κ3) is 2.51. The molecule has 1 rings (SSSR count). The van der Waals surface area contributed by atoms with Crippen molar-refractivity contribution in [2.24, 2.45) is 0 Å². The van der Waals surface area contributed by atoms with E-state index in [0.717, 1.165) is 5.02 Å². The van der Waals surface area contributed by atoms with Crippen molar-refractivity contribution in [3.8, 4) is 0 Å². The Balaban J connectivity index is 0.000000490. The fourth-order valence-electron chi connectivity index (χ4n) is 0.415. The first-order valence-corrected chi connectivity index (χ1v) is 2.48. The predicted octanol–water partition coefficient (Wildman–Crippen LogP) is 2.34. The van der Waals surface area contributed by atoms with E-state index >= 15 is 0 Å². The van der Waals surface area contributed by atoms with Crippen molar-refractivity contribution in [1.82, 2.24) is 0 Å². The van der Waals surface area contributed by atoms with Crippen LogP contribution in [0.5, 0.6) is 0 Å². The summed E-state index contributed by atoms with van der Waals surface area (Å²) < 4.78 is 0. The minimum absolute atomic E-state index is 0. The molecule has 0 unspecified atom stereocenters. The molecule has 0 amide bonds. The molecule has 0 bridgehead atoms. The molecule has 2 heteroatoms. The minimum atomic E-state index is 0. The normalized spacial score (nSPS) is 7.62. The summed E-state index contributed by atoms with van der Waals surface area (Å²) in [7, 11) is 0. The quantitative estimate of drug-likeness (QED) is 0.511. The first kappa shape index (κ1) is 8.22. The van der Waals surface area contributed by atoms with Gasteiger partial charge in [0.1, 0.15) is 0 Å². The zero-order chi connectivity index (χ0) is 5.11. The molecule has 8 heavy (non-hydrogen) atoms. The van der Waals surface area contributed by atoms with Crippen molar-refractivity contribution < 1.29 is 21.7 Å². The molecule has 0 nitrogen and oxygen atoms in total. The van der Waals surface area contributed by atoms with Crippen LogP contribution in [-0.2, 0) is 21.7 Å². The molecule has 0 saturated heterocycles. The Bertz CT molecular complexity index is 138. The molecule has 0 N–H and O–H groups in total. The minimum Gasteiger partial charge on any atom is -0.0843 e. The molecule has 0 heterocycles.